The number of aryl methyl sites for hydroxylation is 1. The fourth-order valence-electron chi connectivity index (χ4n) is 3.91. The average Bonchev–Trinajstić information content (AvgIpc) is 2.70. The van der Waals surface area contributed by atoms with Gasteiger partial charge in [0.25, 0.3) is 0 Å². The lowest BCUT2D eigenvalue weighted by Crippen LogP contribution is -2.49. The second-order valence-corrected chi connectivity index (χ2v) is 6.78. The minimum atomic E-state index is 0.669. The molecule has 0 saturated carbocycles. The predicted molar refractivity (Wildman–Crippen MR) is 86.8 cm³/mol. The molecule has 0 radical (unpaired) electrons. The van der Waals surface area contributed by atoms with Crippen LogP contribution in [0.25, 0.3) is 0 Å². The van der Waals surface area contributed by atoms with Crippen molar-refractivity contribution < 1.29 is 0 Å². The first kappa shape index (κ1) is 14.2. The van der Waals surface area contributed by atoms with E-state index in [0.717, 1.165) is 11.6 Å². The molecule has 2 aliphatic rings. The van der Waals surface area contributed by atoms with Gasteiger partial charge in [0.1, 0.15) is 0 Å². The summed E-state index contributed by atoms with van der Waals surface area (Å²) in [5.41, 5.74) is 2.56. The van der Waals surface area contributed by atoms with Gasteiger partial charge in [-0.2, -0.15) is 0 Å². The van der Waals surface area contributed by atoms with E-state index in [1.54, 1.807) is 0 Å². The van der Waals surface area contributed by atoms with E-state index in [1.165, 1.54) is 43.4 Å². The van der Waals surface area contributed by atoms with E-state index in [-0.39, 0.29) is 0 Å². The summed E-state index contributed by atoms with van der Waals surface area (Å²) < 4.78 is 0. The molecule has 2 saturated heterocycles. The fourth-order valence-corrected chi connectivity index (χ4v) is 4.12. The molecule has 2 nitrogen and oxygen atoms in total. The summed E-state index contributed by atoms with van der Waals surface area (Å²) in [5.74, 6) is 0. The zero-order valence-corrected chi connectivity index (χ0v) is 13.3. The molecule has 0 aliphatic carbocycles. The predicted octanol–water partition coefficient (Wildman–Crippen LogP) is 4.15. The molecule has 0 spiro atoms. The van der Waals surface area contributed by atoms with Crippen molar-refractivity contribution in [1.29, 1.82) is 0 Å². The number of fused-ring (bicyclic) bond motifs is 2. The van der Waals surface area contributed by atoms with Crippen LogP contribution in [0.2, 0.25) is 5.02 Å². The van der Waals surface area contributed by atoms with Crippen molar-refractivity contribution in [1.82, 2.24) is 5.32 Å². The van der Waals surface area contributed by atoms with Gasteiger partial charge >= 0.3 is 0 Å². The summed E-state index contributed by atoms with van der Waals surface area (Å²) in [5, 5.41) is 4.62. The molecule has 0 amide bonds. The van der Waals surface area contributed by atoms with E-state index in [0.29, 0.717) is 18.1 Å². The van der Waals surface area contributed by atoms with Crippen molar-refractivity contribution in [2.45, 2.75) is 64.1 Å². The van der Waals surface area contributed by atoms with Gasteiger partial charge in [-0.05, 0) is 63.3 Å². The number of nitrogens with zero attached hydrogens (tertiary/aromatic N) is 1. The topological polar surface area (TPSA) is 15.3 Å². The summed E-state index contributed by atoms with van der Waals surface area (Å²) >= 11 is 6.45. The van der Waals surface area contributed by atoms with Gasteiger partial charge < -0.3 is 10.2 Å². The first-order chi connectivity index (χ1) is 9.69. The standard InChI is InChI=1S/C17H25ClN2/c1-3-8-19-13-10-14-5-6-15(11-13)20(14)17-9-12(2)4-7-16(17)18/h4,7,9,13-15,19H,3,5-6,8,10-11H2,1-2H3. The molecule has 2 heterocycles. The second kappa shape index (κ2) is 5.95. The zero-order valence-electron chi connectivity index (χ0n) is 12.5. The van der Waals surface area contributed by atoms with Crippen molar-refractivity contribution in [3.63, 3.8) is 0 Å². The molecule has 2 unspecified atom stereocenters. The van der Waals surface area contributed by atoms with Crippen molar-refractivity contribution >= 4 is 17.3 Å². The highest BCUT2D eigenvalue weighted by molar-refractivity contribution is 6.33. The van der Waals surface area contributed by atoms with Crippen LogP contribution in [0.1, 0.15) is 44.6 Å². The molecule has 2 fully saturated rings. The van der Waals surface area contributed by atoms with Crippen LogP contribution >= 0.6 is 11.6 Å². The van der Waals surface area contributed by atoms with Crippen molar-refractivity contribution in [3.8, 4) is 0 Å². The molecule has 2 aliphatic heterocycles. The summed E-state index contributed by atoms with van der Waals surface area (Å²) in [6, 6.07) is 8.45. The highest BCUT2D eigenvalue weighted by Crippen LogP contribution is 2.42. The Balaban J connectivity index is 1.78. The Hall–Kier alpha value is -0.730. The number of rotatable bonds is 4. The quantitative estimate of drug-likeness (QED) is 0.897. The third-order valence-corrected chi connectivity index (χ3v) is 5.12. The number of nitrogens with one attached hydrogen (secondary N) is 1. The van der Waals surface area contributed by atoms with Gasteiger partial charge in [-0.1, -0.05) is 24.6 Å². The summed E-state index contributed by atoms with van der Waals surface area (Å²) in [4.78, 5) is 2.61. The minimum absolute atomic E-state index is 0.669. The number of hydrogen-bond acceptors (Lipinski definition) is 2. The van der Waals surface area contributed by atoms with Crippen LogP contribution in [0.3, 0.4) is 0 Å². The minimum Gasteiger partial charge on any atom is -0.364 e. The molecule has 3 heteroatoms. The van der Waals surface area contributed by atoms with Crippen LogP contribution in [-0.4, -0.2) is 24.7 Å². The monoisotopic (exact) mass is 292 g/mol. The third kappa shape index (κ3) is 2.68. The Morgan fingerprint density at radius 3 is 2.60 bits per heavy atom. The van der Waals surface area contributed by atoms with E-state index < -0.39 is 0 Å². The maximum Gasteiger partial charge on any atom is 0.0639 e. The molecule has 2 bridgehead atoms. The smallest absolute Gasteiger partial charge is 0.0639 e. The normalized spacial score (nSPS) is 28.9. The molecule has 110 valence electrons. The lowest BCUT2D eigenvalue weighted by atomic mass is 9.96. The van der Waals surface area contributed by atoms with Gasteiger partial charge in [-0.25, -0.2) is 0 Å². The highest BCUT2D eigenvalue weighted by atomic mass is 35.5. The summed E-state index contributed by atoms with van der Waals surface area (Å²) in [6.45, 7) is 5.54. The second-order valence-electron chi connectivity index (χ2n) is 6.37. The van der Waals surface area contributed by atoms with Gasteiger partial charge in [-0.15, -0.1) is 0 Å². The molecule has 0 aromatic heterocycles. The summed E-state index contributed by atoms with van der Waals surface area (Å²) in [7, 11) is 0. The van der Waals surface area contributed by atoms with E-state index in [2.05, 4.69) is 36.2 Å². The number of hydrogen-bond donors (Lipinski definition) is 1. The Labute approximate surface area is 127 Å². The fraction of sp³-hybridized carbons (Fsp3) is 0.647. The molecule has 1 aromatic carbocycles. The molecule has 2 atom stereocenters. The Kier molecular flexibility index (Phi) is 4.23. The van der Waals surface area contributed by atoms with Gasteiger partial charge in [0.2, 0.25) is 0 Å². The van der Waals surface area contributed by atoms with Crippen LogP contribution < -0.4 is 10.2 Å². The van der Waals surface area contributed by atoms with Crippen molar-refractivity contribution in [2.24, 2.45) is 0 Å². The van der Waals surface area contributed by atoms with Gasteiger partial charge in [-0.3, -0.25) is 0 Å². The molecule has 20 heavy (non-hydrogen) atoms. The van der Waals surface area contributed by atoms with Gasteiger partial charge in [0, 0.05) is 18.1 Å². The third-order valence-electron chi connectivity index (χ3n) is 4.80. The number of halogens is 1. The van der Waals surface area contributed by atoms with E-state index in [1.807, 2.05) is 6.07 Å². The first-order valence-electron chi connectivity index (χ1n) is 7.97. The lowest BCUT2D eigenvalue weighted by molar-refractivity contribution is 0.357. The lowest BCUT2D eigenvalue weighted by Gasteiger charge is -2.41. The Morgan fingerprint density at radius 1 is 1.25 bits per heavy atom. The van der Waals surface area contributed by atoms with Crippen LogP contribution in [-0.2, 0) is 0 Å². The van der Waals surface area contributed by atoms with Crippen molar-refractivity contribution in [2.75, 3.05) is 11.4 Å². The Bertz CT molecular complexity index is 460. The van der Waals surface area contributed by atoms with Crippen molar-refractivity contribution in [3.05, 3.63) is 28.8 Å². The number of benzene rings is 1. The maximum atomic E-state index is 6.45. The SMILES string of the molecule is CCCNC1CC2CCC(C1)N2c1cc(C)ccc1Cl. The van der Waals surface area contributed by atoms with Gasteiger partial charge in [0.15, 0.2) is 0 Å². The van der Waals surface area contributed by atoms with E-state index in [4.69, 9.17) is 11.6 Å². The summed E-state index contributed by atoms with van der Waals surface area (Å²) in [6.07, 6.45) is 6.39. The van der Waals surface area contributed by atoms with Crippen LogP contribution in [0.5, 0.6) is 0 Å². The zero-order chi connectivity index (χ0) is 14.1. The highest BCUT2D eigenvalue weighted by Gasteiger charge is 2.41. The molecular formula is C17H25ClN2. The number of piperidine rings is 1. The van der Waals surface area contributed by atoms with E-state index in [9.17, 15) is 0 Å². The molecular weight excluding hydrogens is 268 g/mol. The average molecular weight is 293 g/mol. The van der Waals surface area contributed by atoms with Gasteiger partial charge in [0.05, 0.1) is 10.7 Å². The van der Waals surface area contributed by atoms with Crippen LogP contribution in [0.4, 0.5) is 5.69 Å². The molecule has 1 N–H and O–H groups in total. The van der Waals surface area contributed by atoms with E-state index >= 15 is 0 Å². The first-order valence-corrected chi connectivity index (χ1v) is 8.34. The van der Waals surface area contributed by atoms with Crippen LogP contribution in [0, 0.1) is 6.92 Å². The maximum absolute atomic E-state index is 6.45. The number of anilines is 1. The molecule has 1 aromatic rings. The van der Waals surface area contributed by atoms with Crippen LogP contribution in [0.15, 0.2) is 18.2 Å². The largest absolute Gasteiger partial charge is 0.364 e. The molecule has 3 rings (SSSR count). The Morgan fingerprint density at radius 2 is 1.95 bits per heavy atom.